The first kappa shape index (κ1) is 37.4. The second-order valence-corrected chi connectivity index (χ2v) is 21.6. The number of furan rings is 2. The third-order valence-electron chi connectivity index (χ3n) is 14.5. The lowest BCUT2D eigenvalue weighted by Crippen LogP contribution is -2.48. The minimum atomic E-state index is -3.44. The SMILES string of the molecule is O=P1(c2ccccc2)c2ccccc2C2(c3ccccc3Sc3cc(-n4c5ccccc5c5cc(-c6cccc7c6oc6ccccc67)ccc54)ccc32)c2cc3c(cc21)oc1ccccc13. The molecule has 4 nitrogen and oxygen atoms in total. The third kappa shape index (κ3) is 4.92. The number of hydrogen-bond donors (Lipinski definition) is 0. The number of hydrogen-bond acceptors (Lipinski definition) is 4. The Bertz CT molecular complexity index is 4310. The van der Waals surface area contributed by atoms with Gasteiger partial charge in [0.25, 0.3) is 0 Å². The molecule has 3 aromatic heterocycles. The summed E-state index contributed by atoms with van der Waals surface area (Å²) in [6, 6.07) is 77.3. The zero-order chi connectivity index (χ0) is 44.0. The fourth-order valence-electron chi connectivity index (χ4n) is 11.7. The van der Waals surface area contributed by atoms with E-state index < -0.39 is 12.6 Å². The molecular weight excluding hydrogens is 858 g/mol. The van der Waals surface area contributed by atoms with E-state index in [1.165, 1.54) is 26.8 Å². The summed E-state index contributed by atoms with van der Waals surface area (Å²) in [5.74, 6) is 0. The smallest absolute Gasteiger partial charge is 0.171 e. The monoisotopic (exact) mass is 893 g/mol. The van der Waals surface area contributed by atoms with Crippen molar-refractivity contribution < 1.29 is 13.4 Å². The highest BCUT2D eigenvalue weighted by molar-refractivity contribution is 7.99. The van der Waals surface area contributed by atoms with E-state index in [1.54, 1.807) is 0 Å². The van der Waals surface area contributed by atoms with Crippen LogP contribution >= 0.6 is 18.9 Å². The van der Waals surface area contributed by atoms with Crippen molar-refractivity contribution in [1.29, 1.82) is 0 Å². The molecule has 0 fully saturated rings. The van der Waals surface area contributed by atoms with E-state index in [1.807, 2.05) is 72.4 Å². The van der Waals surface area contributed by atoms with Crippen LogP contribution in [0.1, 0.15) is 22.3 Å². The minimum absolute atomic E-state index is 0.739. The first-order valence-corrected chi connectivity index (χ1v) is 25.2. The highest BCUT2D eigenvalue weighted by Gasteiger charge is 2.54. The van der Waals surface area contributed by atoms with Crippen molar-refractivity contribution in [3.8, 4) is 16.8 Å². The molecule has 0 amide bonds. The molecule has 15 rings (SSSR count). The quantitative estimate of drug-likeness (QED) is 0.166. The van der Waals surface area contributed by atoms with Crippen molar-refractivity contribution in [1.82, 2.24) is 4.57 Å². The molecule has 2 unspecified atom stereocenters. The average Bonchev–Trinajstić information content (AvgIpc) is 4.06. The molecule has 0 radical (unpaired) electrons. The minimum Gasteiger partial charge on any atom is -0.456 e. The molecule has 10 aromatic carbocycles. The molecule has 5 heterocycles. The van der Waals surface area contributed by atoms with Gasteiger partial charge >= 0.3 is 0 Å². The van der Waals surface area contributed by atoms with Crippen molar-refractivity contribution in [3.63, 3.8) is 0 Å². The Balaban J connectivity index is 0.994. The van der Waals surface area contributed by atoms with Gasteiger partial charge in [0.1, 0.15) is 22.3 Å². The number of fused-ring (bicyclic) bond motifs is 17. The first-order chi connectivity index (χ1) is 33.1. The second-order valence-electron chi connectivity index (χ2n) is 17.8. The van der Waals surface area contributed by atoms with Crippen molar-refractivity contribution >= 4 is 101 Å². The van der Waals surface area contributed by atoms with Crippen LogP contribution in [0, 0.1) is 0 Å². The van der Waals surface area contributed by atoms with Crippen molar-refractivity contribution in [2.45, 2.75) is 15.2 Å². The molecule has 0 N–H and O–H groups in total. The van der Waals surface area contributed by atoms with Gasteiger partial charge in [-0.3, -0.25) is 0 Å². The van der Waals surface area contributed by atoms with Gasteiger partial charge in [-0.15, -0.1) is 0 Å². The molecule has 0 aliphatic carbocycles. The van der Waals surface area contributed by atoms with Crippen LogP contribution in [0.4, 0.5) is 0 Å². The van der Waals surface area contributed by atoms with E-state index in [2.05, 4.69) is 162 Å². The summed E-state index contributed by atoms with van der Waals surface area (Å²) in [6.45, 7) is 0. The third-order valence-corrected chi connectivity index (χ3v) is 18.8. The number of rotatable bonds is 3. The van der Waals surface area contributed by atoms with Gasteiger partial charge in [-0.2, -0.15) is 0 Å². The number of para-hydroxylation sites is 4. The van der Waals surface area contributed by atoms with Gasteiger partial charge in [0.15, 0.2) is 7.14 Å². The molecule has 2 aliphatic rings. The summed E-state index contributed by atoms with van der Waals surface area (Å²) >= 11 is 1.82. The predicted octanol–water partition coefficient (Wildman–Crippen LogP) is 15.0. The molecule has 0 saturated heterocycles. The Morgan fingerprint density at radius 2 is 1.09 bits per heavy atom. The molecule has 67 heavy (non-hydrogen) atoms. The van der Waals surface area contributed by atoms with Crippen LogP contribution in [-0.2, 0) is 9.98 Å². The predicted molar refractivity (Wildman–Crippen MR) is 276 cm³/mol. The van der Waals surface area contributed by atoms with Crippen LogP contribution in [-0.4, -0.2) is 4.57 Å². The zero-order valence-corrected chi connectivity index (χ0v) is 37.5. The first-order valence-electron chi connectivity index (χ1n) is 22.7. The fraction of sp³-hybridized carbons (Fsp3) is 0.0164. The molecule has 6 heteroatoms. The van der Waals surface area contributed by atoms with Crippen molar-refractivity contribution in [2.75, 3.05) is 0 Å². The van der Waals surface area contributed by atoms with Crippen molar-refractivity contribution in [3.05, 3.63) is 241 Å². The Morgan fingerprint density at radius 3 is 1.96 bits per heavy atom. The van der Waals surface area contributed by atoms with Crippen LogP contribution in [0.15, 0.2) is 237 Å². The molecule has 0 saturated carbocycles. The van der Waals surface area contributed by atoms with Crippen LogP contribution in [0.2, 0.25) is 0 Å². The summed E-state index contributed by atoms with van der Waals surface area (Å²) in [5, 5.41) is 9.16. The van der Waals surface area contributed by atoms with Gasteiger partial charge in [0.2, 0.25) is 0 Å². The highest BCUT2D eigenvalue weighted by Crippen LogP contribution is 2.62. The molecular formula is C61H36NO3PS. The van der Waals surface area contributed by atoms with Gasteiger partial charge in [-0.05, 0) is 88.5 Å². The average molecular weight is 894 g/mol. The van der Waals surface area contributed by atoms with Crippen molar-refractivity contribution in [2.24, 2.45) is 0 Å². The van der Waals surface area contributed by atoms with E-state index >= 15 is 4.57 Å². The lowest BCUT2D eigenvalue weighted by molar-refractivity contribution is 0.589. The summed E-state index contributed by atoms with van der Waals surface area (Å²) in [4.78, 5) is 2.33. The Hall–Kier alpha value is -7.82. The fourth-order valence-corrected chi connectivity index (χ4v) is 16.1. The molecule has 13 aromatic rings. The molecule has 2 atom stereocenters. The number of nitrogens with zero attached hydrogens (tertiary/aromatic N) is 1. The Kier molecular flexibility index (Phi) is 7.60. The van der Waals surface area contributed by atoms with E-state index in [0.29, 0.717) is 0 Å². The largest absolute Gasteiger partial charge is 0.456 e. The van der Waals surface area contributed by atoms with Gasteiger partial charge in [-0.25, -0.2) is 0 Å². The van der Waals surface area contributed by atoms with E-state index in [-0.39, 0.29) is 0 Å². The van der Waals surface area contributed by atoms with Crippen LogP contribution in [0.5, 0.6) is 0 Å². The van der Waals surface area contributed by atoms with Gasteiger partial charge < -0.3 is 18.0 Å². The molecule has 1 spiro atoms. The van der Waals surface area contributed by atoms with Gasteiger partial charge in [0.05, 0.1) is 16.4 Å². The second kappa shape index (κ2) is 13.6. The van der Waals surface area contributed by atoms with E-state index in [9.17, 15) is 0 Å². The maximum atomic E-state index is 16.6. The summed E-state index contributed by atoms with van der Waals surface area (Å²) in [6.07, 6.45) is 0. The topological polar surface area (TPSA) is 48.3 Å². The Morgan fingerprint density at radius 1 is 0.418 bits per heavy atom. The normalized spacial score (nSPS) is 17.4. The van der Waals surface area contributed by atoms with Crippen LogP contribution in [0.3, 0.4) is 0 Å². The van der Waals surface area contributed by atoms with Crippen LogP contribution < -0.4 is 15.9 Å². The maximum Gasteiger partial charge on any atom is 0.171 e. The lowest BCUT2D eigenvalue weighted by Gasteiger charge is -2.47. The summed E-state index contributed by atoms with van der Waals surface area (Å²) < 4.78 is 32.2. The maximum absolute atomic E-state index is 16.6. The molecule has 0 bridgehead atoms. The van der Waals surface area contributed by atoms with Crippen LogP contribution in [0.25, 0.3) is 82.5 Å². The highest BCUT2D eigenvalue weighted by atomic mass is 32.2. The molecule has 2 aliphatic heterocycles. The van der Waals surface area contributed by atoms with Gasteiger partial charge in [0, 0.05) is 69.3 Å². The number of aromatic nitrogens is 1. The summed E-state index contributed by atoms with van der Waals surface area (Å²) in [7, 11) is -3.44. The number of benzene rings is 10. The van der Waals surface area contributed by atoms with Gasteiger partial charge in [-0.1, -0.05) is 169 Å². The standard InChI is InChI=1S/C61H36NO3PS/c63-66(39-15-2-1-3-16-39)56-27-12-7-22-47(56)61(50-35-46-43-19-6-10-25-53(43)64-55(46)36-57(50)66)48-23-8-13-28-58(48)67-59-34-38(30-31-49(59)61)62-51-24-9-4-17-41(51)45-33-37(29-32-52(45)62)40-20-14-21-44-42-18-5-11-26-54(42)65-60(40)44/h1-36H. The summed E-state index contributed by atoms with van der Waals surface area (Å²) in [5.41, 5.74) is 12.5. The molecule has 314 valence electrons. The lowest BCUT2D eigenvalue weighted by atomic mass is 9.64. The zero-order valence-electron chi connectivity index (χ0n) is 35.8. The Labute approximate surface area is 389 Å². The van der Waals surface area contributed by atoms with E-state index in [4.69, 9.17) is 8.83 Å². The van der Waals surface area contributed by atoms with E-state index in [0.717, 1.165) is 104 Å².